The van der Waals surface area contributed by atoms with E-state index < -0.39 is 0 Å². The first-order valence-corrected chi connectivity index (χ1v) is 5.18. The lowest BCUT2D eigenvalue weighted by atomic mass is 10.2. The molecule has 0 saturated carbocycles. The van der Waals surface area contributed by atoms with Crippen LogP contribution in [0.3, 0.4) is 0 Å². The number of nitrogens with one attached hydrogen (secondary N) is 1. The van der Waals surface area contributed by atoms with Crippen molar-refractivity contribution in [2.75, 3.05) is 6.54 Å². The SMILES string of the molecule is NCCCCC(=O)NCc1ccncc1. The van der Waals surface area contributed by atoms with E-state index in [4.69, 9.17) is 5.73 Å². The molecule has 0 aliphatic carbocycles. The van der Waals surface area contributed by atoms with Crippen LogP contribution in [0.15, 0.2) is 24.5 Å². The maximum Gasteiger partial charge on any atom is 0.220 e. The number of hydrogen-bond donors (Lipinski definition) is 2. The van der Waals surface area contributed by atoms with Gasteiger partial charge in [-0.2, -0.15) is 0 Å². The number of aromatic nitrogens is 1. The minimum absolute atomic E-state index is 0.0836. The van der Waals surface area contributed by atoms with E-state index in [9.17, 15) is 4.79 Å². The van der Waals surface area contributed by atoms with Crippen molar-refractivity contribution in [3.05, 3.63) is 30.1 Å². The highest BCUT2D eigenvalue weighted by Crippen LogP contribution is 1.97. The number of rotatable bonds is 6. The van der Waals surface area contributed by atoms with Gasteiger partial charge in [0, 0.05) is 25.4 Å². The zero-order valence-corrected chi connectivity index (χ0v) is 8.78. The van der Waals surface area contributed by atoms with Gasteiger partial charge in [-0.1, -0.05) is 0 Å². The van der Waals surface area contributed by atoms with Crippen molar-refractivity contribution >= 4 is 5.91 Å². The van der Waals surface area contributed by atoms with E-state index in [0.717, 1.165) is 18.4 Å². The Kier molecular flexibility index (Phi) is 5.40. The van der Waals surface area contributed by atoms with Gasteiger partial charge < -0.3 is 11.1 Å². The number of unbranched alkanes of at least 4 members (excludes halogenated alkanes) is 1. The Hall–Kier alpha value is -1.42. The number of pyridine rings is 1. The molecule has 0 fully saturated rings. The van der Waals surface area contributed by atoms with Crippen molar-refractivity contribution in [2.45, 2.75) is 25.8 Å². The van der Waals surface area contributed by atoms with Crippen molar-refractivity contribution in [1.82, 2.24) is 10.3 Å². The Morgan fingerprint density at radius 3 is 2.73 bits per heavy atom. The molecular weight excluding hydrogens is 190 g/mol. The van der Waals surface area contributed by atoms with E-state index in [1.165, 1.54) is 0 Å². The molecule has 1 aromatic heterocycles. The van der Waals surface area contributed by atoms with Crippen LogP contribution in [0.5, 0.6) is 0 Å². The molecule has 0 atom stereocenters. The van der Waals surface area contributed by atoms with Gasteiger partial charge in [0.1, 0.15) is 0 Å². The molecule has 0 aliphatic rings. The van der Waals surface area contributed by atoms with Crippen LogP contribution in [0.2, 0.25) is 0 Å². The lowest BCUT2D eigenvalue weighted by Crippen LogP contribution is -2.22. The molecule has 1 rings (SSSR count). The molecule has 15 heavy (non-hydrogen) atoms. The van der Waals surface area contributed by atoms with Gasteiger partial charge in [-0.15, -0.1) is 0 Å². The predicted molar refractivity (Wildman–Crippen MR) is 59.0 cm³/mol. The zero-order chi connectivity index (χ0) is 10.9. The molecule has 82 valence electrons. The second kappa shape index (κ2) is 6.95. The quantitative estimate of drug-likeness (QED) is 0.679. The Morgan fingerprint density at radius 1 is 1.33 bits per heavy atom. The molecule has 4 nitrogen and oxygen atoms in total. The zero-order valence-electron chi connectivity index (χ0n) is 8.78. The number of nitrogens with zero attached hydrogens (tertiary/aromatic N) is 1. The molecule has 0 aliphatic heterocycles. The van der Waals surface area contributed by atoms with E-state index in [-0.39, 0.29) is 5.91 Å². The Labute approximate surface area is 89.9 Å². The van der Waals surface area contributed by atoms with Crippen molar-refractivity contribution in [2.24, 2.45) is 5.73 Å². The highest BCUT2D eigenvalue weighted by molar-refractivity contribution is 5.75. The van der Waals surface area contributed by atoms with E-state index in [0.29, 0.717) is 19.5 Å². The Morgan fingerprint density at radius 2 is 2.07 bits per heavy atom. The molecule has 1 aromatic rings. The lowest BCUT2D eigenvalue weighted by molar-refractivity contribution is -0.121. The van der Waals surface area contributed by atoms with Crippen LogP contribution in [0.1, 0.15) is 24.8 Å². The van der Waals surface area contributed by atoms with E-state index in [2.05, 4.69) is 10.3 Å². The highest BCUT2D eigenvalue weighted by Gasteiger charge is 2.00. The van der Waals surface area contributed by atoms with Gasteiger partial charge in [-0.05, 0) is 37.1 Å². The maximum absolute atomic E-state index is 11.3. The van der Waals surface area contributed by atoms with Crippen LogP contribution in [-0.2, 0) is 11.3 Å². The van der Waals surface area contributed by atoms with Crippen molar-refractivity contribution in [3.63, 3.8) is 0 Å². The second-order valence-electron chi connectivity index (χ2n) is 3.38. The molecule has 4 heteroatoms. The summed E-state index contributed by atoms with van der Waals surface area (Å²) in [6.07, 6.45) is 5.76. The van der Waals surface area contributed by atoms with Crippen LogP contribution in [0.25, 0.3) is 0 Å². The summed E-state index contributed by atoms with van der Waals surface area (Å²) in [6.45, 7) is 1.22. The van der Waals surface area contributed by atoms with Crippen molar-refractivity contribution in [3.8, 4) is 0 Å². The number of carbonyl (C=O) groups excluding carboxylic acids is 1. The summed E-state index contributed by atoms with van der Waals surface area (Å²) >= 11 is 0. The minimum Gasteiger partial charge on any atom is -0.352 e. The Bertz CT molecular complexity index is 287. The van der Waals surface area contributed by atoms with Gasteiger partial charge >= 0.3 is 0 Å². The molecule has 0 unspecified atom stereocenters. The molecule has 1 amide bonds. The molecule has 0 radical (unpaired) electrons. The van der Waals surface area contributed by atoms with Crippen LogP contribution < -0.4 is 11.1 Å². The largest absolute Gasteiger partial charge is 0.352 e. The third-order valence-corrected chi connectivity index (χ3v) is 2.10. The first-order chi connectivity index (χ1) is 7.33. The molecule has 0 aromatic carbocycles. The van der Waals surface area contributed by atoms with Crippen molar-refractivity contribution < 1.29 is 4.79 Å². The molecule has 3 N–H and O–H groups in total. The normalized spacial score (nSPS) is 9.93. The fourth-order valence-corrected chi connectivity index (χ4v) is 1.22. The molecule has 0 spiro atoms. The van der Waals surface area contributed by atoms with Gasteiger partial charge in [0.2, 0.25) is 5.91 Å². The Balaban J connectivity index is 2.17. The fourth-order valence-electron chi connectivity index (χ4n) is 1.22. The van der Waals surface area contributed by atoms with Crippen LogP contribution in [-0.4, -0.2) is 17.4 Å². The van der Waals surface area contributed by atoms with Gasteiger partial charge in [0.15, 0.2) is 0 Å². The van der Waals surface area contributed by atoms with E-state index in [1.54, 1.807) is 12.4 Å². The second-order valence-corrected chi connectivity index (χ2v) is 3.38. The number of hydrogen-bond acceptors (Lipinski definition) is 3. The average molecular weight is 207 g/mol. The third kappa shape index (κ3) is 5.12. The van der Waals surface area contributed by atoms with Crippen LogP contribution in [0, 0.1) is 0 Å². The minimum atomic E-state index is 0.0836. The summed E-state index contributed by atoms with van der Waals surface area (Å²) in [4.78, 5) is 15.2. The van der Waals surface area contributed by atoms with E-state index in [1.807, 2.05) is 12.1 Å². The van der Waals surface area contributed by atoms with Gasteiger partial charge in [0.25, 0.3) is 0 Å². The fraction of sp³-hybridized carbons (Fsp3) is 0.455. The number of carbonyl (C=O) groups is 1. The number of amides is 1. The summed E-state index contributed by atoms with van der Waals surface area (Å²) in [5, 5.41) is 2.85. The topological polar surface area (TPSA) is 68.0 Å². The third-order valence-electron chi connectivity index (χ3n) is 2.10. The lowest BCUT2D eigenvalue weighted by Gasteiger charge is -2.04. The summed E-state index contributed by atoms with van der Waals surface area (Å²) in [7, 11) is 0. The van der Waals surface area contributed by atoms with Crippen molar-refractivity contribution in [1.29, 1.82) is 0 Å². The van der Waals surface area contributed by atoms with Gasteiger partial charge in [-0.3, -0.25) is 9.78 Å². The van der Waals surface area contributed by atoms with E-state index >= 15 is 0 Å². The first-order valence-electron chi connectivity index (χ1n) is 5.18. The van der Waals surface area contributed by atoms with Crippen LogP contribution >= 0.6 is 0 Å². The summed E-state index contributed by atoms with van der Waals surface area (Å²) < 4.78 is 0. The van der Waals surface area contributed by atoms with Gasteiger partial charge in [0.05, 0.1) is 0 Å². The molecule has 1 heterocycles. The van der Waals surface area contributed by atoms with Gasteiger partial charge in [-0.25, -0.2) is 0 Å². The molecule has 0 bridgehead atoms. The standard InChI is InChI=1S/C11H17N3O/c12-6-2-1-3-11(15)14-9-10-4-7-13-8-5-10/h4-5,7-8H,1-3,6,9,12H2,(H,14,15). The number of nitrogens with two attached hydrogens (primary N) is 1. The summed E-state index contributed by atoms with van der Waals surface area (Å²) in [5.41, 5.74) is 6.41. The smallest absolute Gasteiger partial charge is 0.220 e. The summed E-state index contributed by atoms with van der Waals surface area (Å²) in [5.74, 6) is 0.0836. The maximum atomic E-state index is 11.3. The highest BCUT2D eigenvalue weighted by atomic mass is 16.1. The monoisotopic (exact) mass is 207 g/mol. The predicted octanol–water partition coefficient (Wildman–Crippen LogP) is 0.827. The van der Waals surface area contributed by atoms with Crippen LogP contribution in [0.4, 0.5) is 0 Å². The molecular formula is C11H17N3O. The first kappa shape index (κ1) is 11.7. The molecule has 0 saturated heterocycles. The summed E-state index contributed by atoms with van der Waals surface area (Å²) in [6, 6.07) is 3.78. The average Bonchev–Trinajstić information content (AvgIpc) is 2.28.